The highest BCUT2D eigenvalue weighted by Crippen LogP contribution is 2.18. The van der Waals surface area contributed by atoms with Gasteiger partial charge in [0.2, 0.25) is 17.6 Å². The van der Waals surface area contributed by atoms with E-state index in [0.717, 1.165) is 5.56 Å². The maximum atomic E-state index is 11.7. The summed E-state index contributed by atoms with van der Waals surface area (Å²) >= 11 is 1.58. The molecule has 2 heterocycles. The van der Waals surface area contributed by atoms with Crippen LogP contribution < -0.4 is 5.32 Å². The molecule has 2 aromatic heterocycles. The molecular formula is C13H17N3O3S. The summed E-state index contributed by atoms with van der Waals surface area (Å²) in [5.74, 6) is 0.986. The Morgan fingerprint density at radius 2 is 2.45 bits per heavy atom. The minimum atomic E-state index is -0.0511. The molecule has 0 aromatic carbocycles. The number of methoxy groups -OCH3 is 1. The van der Waals surface area contributed by atoms with Gasteiger partial charge in [0, 0.05) is 36.9 Å². The fourth-order valence-corrected chi connectivity index (χ4v) is 2.36. The molecule has 0 fully saturated rings. The predicted molar refractivity (Wildman–Crippen MR) is 75.4 cm³/mol. The number of nitrogens with zero attached hydrogens (tertiary/aromatic N) is 2. The van der Waals surface area contributed by atoms with Gasteiger partial charge in [0.05, 0.1) is 6.61 Å². The standard InChI is InChI=1S/C13H17N3O3S/c1-9(7-18-2)14-11(17)3-4-12-15-13(16-19-12)10-5-6-20-8-10/h5-6,8-9H,3-4,7H2,1-2H3,(H,14,17). The fraction of sp³-hybridized carbons (Fsp3) is 0.462. The monoisotopic (exact) mass is 295 g/mol. The number of thiophene rings is 1. The molecule has 2 aromatic rings. The number of hydrogen-bond donors (Lipinski definition) is 1. The van der Waals surface area contributed by atoms with Gasteiger partial charge in [-0.15, -0.1) is 0 Å². The Morgan fingerprint density at radius 1 is 1.60 bits per heavy atom. The molecule has 1 atom stereocenters. The van der Waals surface area contributed by atoms with Crippen LogP contribution in [0.2, 0.25) is 0 Å². The molecule has 0 aliphatic carbocycles. The Bertz CT molecular complexity index is 539. The van der Waals surface area contributed by atoms with Crippen LogP contribution in [0.5, 0.6) is 0 Å². The van der Waals surface area contributed by atoms with Gasteiger partial charge in [-0.25, -0.2) is 0 Å². The predicted octanol–water partition coefficient (Wildman–Crippen LogP) is 1.88. The van der Waals surface area contributed by atoms with Crippen LogP contribution in [-0.2, 0) is 16.0 Å². The molecule has 1 amide bonds. The van der Waals surface area contributed by atoms with Crippen LogP contribution >= 0.6 is 11.3 Å². The number of hydrogen-bond acceptors (Lipinski definition) is 6. The Hall–Kier alpha value is -1.73. The molecule has 0 aliphatic heterocycles. The molecule has 0 saturated heterocycles. The summed E-state index contributed by atoms with van der Waals surface area (Å²) in [6.45, 7) is 2.39. The maximum Gasteiger partial charge on any atom is 0.227 e. The lowest BCUT2D eigenvalue weighted by Crippen LogP contribution is -2.35. The number of rotatable bonds is 7. The topological polar surface area (TPSA) is 77.2 Å². The molecule has 1 N–H and O–H groups in total. The normalized spacial score (nSPS) is 12.3. The second-order valence-electron chi connectivity index (χ2n) is 4.45. The van der Waals surface area contributed by atoms with E-state index in [1.165, 1.54) is 0 Å². The molecule has 0 aliphatic rings. The van der Waals surface area contributed by atoms with Gasteiger partial charge >= 0.3 is 0 Å². The first-order valence-electron chi connectivity index (χ1n) is 6.32. The van der Waals surface area contributed by atoms with E-state index >= 15 is 0 Å². The Morgan fingerprint density at radius 3 is 3.15 bits per heavy atom. The zero-order valence-electron chi connectivity index (χ0n) is 11.5. The third-order valence-corrected chi connectivity index (χ3v) is 3.32. The van der Waals surface area contributed by atoms with Gasteiger partial charge in [-0.1, -0.05) is 5.16 Å². The summed E-state index contributed by atoms with van der Waals surface area (Å²) in [7, 11) is 1.60. The maximum absolute atomic E-state index is 11.7. The molecule has 0 spiro atoms. The SMILES string of the molecule is COCC(C)NC(=O)CCc1nc(-c2ccsc2)no1. The van der Waals surface area contributed by atoms with E-state index in [4.69, 9.17) is 9.26 Å². The van der Waals surface area contributed by atoms with E-state index in [2.05, 4.69) is 15.5 Å². The van der Waals surface area contributed by atoms with Gasteiger partial charge in [-0.05, 0) is 18.4 Å². The van der Waals surface area contributed by atoms with Gasteiger partial charge in [-0.3, -0.25) is 4.79 Å². The smallest absolute Gasteiger partial charge is 0.227 e. The highest BCUT2D eigenvalue weighted by molar-refractivity contribution is 7.08. The van der Waals surface area contributed by atoms with Crippen LogP contribution in [0.15, 0.2) is 21.3 Å². The first-order valence-corrected chi connectivity index (χ1v) is 7.26. The summed E-state index contributed by atoms with van der Waals surface area (Å²) in [5, 5.41) is 10.6. The van der Waals surface area contributed by atoms with E-state index in [-0.39, 0.29) is 11.9 Å². The summed E-state index contributed by atoms with van der Waals surface area (Å²) in [6.07, 6.45) is 0.752. The third-order valence-electron chi connectivity index (χ3n) is 2.64. The lowest BCUT2D eigenvalue weighted by molar-refractivity contribution is -0.122. The van der Waals surface area contributed by atoms with Crippen LogP contribution in [0.4, 0.5) is 0 Å². The van der Waals surface area contributed by atoms with Crippen molar-refractivity contribution in [2.45, 2.75) is 25.8 Å². The van der Waals surface area contributed by atoms with E-state index < -0.39 is 0 Å². The van der Waals surface area contributed by atoms with Crippen LogP contribution in [0, 0.1) is 0 Å². The van der Waals surface area contributed by atoms with Crippen molar-refractivity contribution >= 4 is 17.2 Å². The molecular weight excluding hydrogens is 278 g/mol. The lowest BCUT2D eigenvalue weighted by atomic mass is 10.2. The first-order chi connectivity index (χ1) is 9.69. The molecule has 6 nitrogen and oxygen atoms in total. The lowest BCUT2D eigenvalue weighted by Gasteiger charge is -2.11. The number of ether oxygens (including phenoxy) is 1. The zero-order chi connectivity index (χ0) is 14.4. The Kier molecular flexibility index (Phi) is 5.25. The zero-order valence-corrected chi connectivity index (χ0v) is 12.3. The third kappa shape index (κ3) is 4.14. The van der Waals surface area contributed by atoms with Crippen molar-refractivity contribution in [1.29, 1.82) is 0 Å². The van der Waals surface area contributed by atoms with Crippen molar-refractivity contribution in [2.24, 2.45) is 0 Å². The number of amides is 1. The summed E-state index contributed by atoms with van der Waals surface area (Å²) < 4.78 is 10.1. The van der Waals surface area contributed by atoms with E-state index in [1.807, 2.05) is 23.8 Å². The van der Waals surface area contributed by atoms with Crippen molar-refractivity contribution in [2.75, 3.05) is 13.7 Å². The van der Waals surface area contributed by atoms with Crippen LogP contribution in [0.3, 0.4) is 0 Å². The van der Waals surface area contributed by atoms with Crippen molar-refractivity contribution in [3.63, 3.8) is 0 Å². The molecule has 0 saturated carbocycles. The number of aromatic nitrogens is 2. The highest BCUT2D eigenvalue weighted by Gasteiger charge is 2.12. The number of nitrogens with one attached hydrogen (secondary N) is 1. The Balaban J connectivity index is 1.81. The van der Waals surface area contributed by atoms with Gasteiger partial charge in [-0.2, -0.15) is 16.3 Å². The number of carbonyl (C=O) groups excluding carboxylic acids is 1. The van der Waals surface area contributed by atoms with Crippen LogP contribution in [-0.4, -0.2) is 35.8 Å². The minimum absolute atomic E-state index is 0.00319. The number of aryl methyl sites for hydroxylation is 1. The molecule has 108 valence electrons. The molecule has 20 heavy (non-hydrogen) atoms. The molecule has 2 rings (SSSR count). The van der Waals surface area contributed by atoms with E-state index in [0.29, 0.717) is 31.2 Å². The quantitative estimate of drug-likeness (QED) is 0.844. The molecule has 7 heteroatoms. The van der Waals surface area contributed by atoms with Crippen LogP contribution in [0.25, 0.3) is 11.4 Å². The van der Waals surface area contributed by atoms with Gasteiger partial charge in [0.25, 0.3) is 0 Å². The second kappa shape index (κ2) is 7.16. The average molecular weight is 295 g/mol. The summed E-state index contributed by atoms with van der Waals surface area (Å²) in [5.41, 5.74) is 0.933. The van der Waals surface area contributed by atoms with Crippen molar-refractivity contribution in [3.05, 3.63) is 22.7 Å². The highest BCUT2D eigenvalue weighted by atomic mass is 32.1. The fourth-order valence-electron chi connectivity index (χ4n) is 1.72. The van der Waals surface area contributed by atoms with Crippen molar-refractivity contribution in [3.8, 4) is 11.4 Å². The molecule has 0 bridgehead atoms. The van der Waals surface area contributed by atoms with Crippen LogP contribution in [0.1, 0.15) is 19.2 Å². The van der Waals surface area contributed by atoms with Gasteiger partial charge in [0.1, 0.15) is 0 Å². The van der Waals surface area contributed by atoms with Gasteiger partial charge in [0.15, 0.2) is 0 Å². The molecule has 0 radical (unpaired) electrons. The average Bonchev–Trinajstić information content (AvgIpc) is 3.07. The van der Waals surface area contributed by atoms with Crippen molar-refractivity contribution < 1.29 is 14.1 Å². The first kappa shape index (κ1) is 14.7. The largest absolute Gasteiger partial charge is 0.383 e. The number of carbonyl (C=O) groups is 1. The van der Waals surface area contributed by atoms with E-state index in [9.17, 15) is 4.79 Å². The van der Waals surface area contributed by atoms with E-state index in [1.54, 1.807) is 18.4 Å². The van der Waals surface area contributed by atoms with Crippen molar-refractivity contribution in [1.82, 2.24) is 15.5 Å². The summed E-state index contributed by atoms with van der Waals surface area (Å²) in [6, 6.07) is 1.93. The minimum Gasteiger partial charge on any atom is -0.383 e. The molecule has 1 unspecified atom stereocenters. The van der Waals surface area contributed by atoms with Gasteiger partial charge < -0.3 is 14.6 Å². The summed E-state index contributed by atoms with van der Waals surface area (Å²) in [4.78, 5) is 15.9. The second-order valence-corrected chi connectivity index (χ2v) is 5.23. The Labute approximate surface area is 121 Å².